The van der Waals surface area contributed by atoms with Crippen molar-refractivity contribution in [3.63, 3.8) is 0 Å². The van der Waals surface area contributed by atoms with Crippen molar-refractivity contribution in [3.8, 4) is 55.6 Å². The molecule has 14 aromatic rings. The highest BCUT2D eigenvalue weighted by Crippen LogP contribution is 2.43. The molecule has 0 aliphatic carbocycles. The lowest BCUT2D eigenvalue weighted by molar-refractivity contribution is 1.28. The zero-order valence-electron chi connectivity index (χ0n) is 48.6. The van der Waals surface area contributed by atoms with Gasteiger partial charge in [0.05, 0.1) is 0 Å². The number of para-hydroxylation sites is 4. The first kappa shape index (κ1) is 54.2. The molecule has 0 aliphatic rings. The summed E-state index contributed by atoms with van der Waals surface area (Å²) in [5.41, 5.74) is 24.7. The molecule has 0 N–H and O–H groups in total. The van der Waals surface area contributed by atoms with Crippen LogP contribution in [0.1, 0.15) is 0 Å². The molecule has 0 amide bonds. The Bertz CT molecular complexity index is 4470. The van der Waals surface area contributed by atoms with Gasteiger partial charge in [-0.2, -0.15) is 0 Å². The smallest absolute Gasteiger partial charge is 0.0467 e. The van der Waals surface area contributed by atoms with Gasteiger partial charge in [0.25, 0.3) is 0 Å². The Kier molecular flexibility index (Phi) is 15.6. The molecule has 0 bridgehead atoms. The second kappa shape index (κ2) is 25.2. The van der Waals surface area contributed by atoms with Crippen LogP contribution in [0.5, 0.6) is 0 Å². The summed E-state index contributed by atoms with van der Waals surface area (Å²) in [6.45, 7) is 0. The SMILES string of the molecule is c1ccc(-c2ccc(N(c3ccc(-c4ccc(N(c5ccccc5)c5ccc(-c6ccc(N(c7ccccc7)c7ccccc7)cc6)cc5)cc4)cc3)c3ccc(-c4ccc(N(c5ccccc5)c5cccc(-c6ccccc6)c5)cc4)cc3)cc2)cc1. The number of anilines is 12. The number of hydrogen-bond acceptors (Lipinski definition) is 4. The summed E-state index contributed by atoms with van der Waals surface area (Å²) in [6.07, 6.45) is 0. The van der Waals surface area contributed by atoms with Gasteiger partial charge in [0.15, 0.2) is 0 Å². The Labute approximate surface area is 516 Å². The highest BCUT2D eigenvalue weighted by atomic mass is 15.2. The topological polar surface area (TPSA) is 13.0 Å². The van der Waals surface area contributed by atoms with E-state index in [0.29, 0.717) is 0 Å². The summed E-state index contributed by atoms with van der Waals surface area (Å²) in [4.78, 5) is 9.29. The predicted octanol–water partition coefficient (Wildman–Crippen LogP) is 23.9. The zero-order chi connectivity index (χ0) is 58.9. The van der Waals surface area contributed by atoms with Gasteiger partial charge < -0.3 is 19.6 Å². The summed E-state index contributed by atoms with van der Waals surface area (Å²) >= 11 is 0. The number of nitrogens with zero attached hydrogens (tertiary/aromatic N) is 4. The van der Waals surface area contributed by atoms with Crippen molar-refractivity contribution in [2.45, 2.75) is 0 Å². The molecular formula is C84H62N4. The van der Waals surface area contributed by atoms with Crippen LogP contribution in [0.25, 0.3) is 55.6 Å². The fraction of sp³-hybridized carbons (Fsp3) is 0. The Morgan fingerprint density at radius 2 is 0.250 bits per heavy atom. The molecule has 0 saturated carbocycles. The first-order valence-corrected chi connectivity index (χ1v) is 30.0. The second-order valence-electron chi connectivity index (χ2n) is 21.8. The molecule has 0 fully saturated rings. The maximum Gasteiger partial charge on any atom is 0.0467 e. The van der Waals surface area contributed by atoms with Gasteiger partial charge in [0.2, 0.25) is 0 Å². The monoisotopic (exact) mass is 1130 g/mol. The summed E-state index contributed by atoms with van der Waals surface area (Å²) in [5.74, 6) is 0. The minimum absolute atomic E-state index is 1.07. The van der Waals surface area contributed by atoms with Gasteiger partial charge in [-0.15, -0.1) is 0 Å². The van der Waals surface area contributed by atoms with E-state index < -0.39 is 0 Å². The van der Waals surface area contributed by atoms with Crippen LogP contribution < -0.4 is 19.6 Å². The van der Waals surface area contributed by atoms with Gasteiger partial charge >= 0.3 is 0 Å². The summed E-state index contributed by atoms with van der Waals surface area (Å²) in [5, 5.41) is 0. The predicted molar refractivity (Wildman–Crippen MR) is 372 cm³/mol. The van der Waals surface area contributed by atoms with E-state index in [0.717, 1.165) is 102 Å². The maximum atomic E-state index is 2.35. The zero-order valence-corrected chi connectivity index (χ0v) is 48.6. The van der Waals surface area contributed by atoms with E-state index in [1.165, 1.54) is 22.3 Å². The third kappa shape index (κ3) is 11.7. The minimum atomic E-state index is 1.07. The van der Waals surface area contributed by atoms with Crippen molar-refractivity contribution in [2.75, 3.05) is 19.6 Å². The number of hydrogen-bond donors (Lipinski definition) is 0. The van der Waals surface area contributed by atoms with Gasteiger partial charge in [-0.1, -0.05) is 231 Å². The van der Waals surface area contributed by atoms with Crippen LogP contribution in [0.15, 0.2) is 376 Å². The van der Waals surface area contributed by atoms with Crippen LogP contribution in [0, 0.1) is 0 Å². The first-order valence-electron chi connectivity index (χ1n) is 30.0. The van der Waals surface area contributed by atoms with Crippen molar-refractivity contribution >= 4 is 68.2 Å². The highest BCUT2D eigenvalue weighted by molar-refractivity contribution is 5.86. The molecular weight excluding hydrogens is 1060 g/mol. The molecule has 14 rings (SSSR count). The van der Waals surface area contributed by atoms with E-state index in [1.54, 1.807) is 0 Å². The van der Waals surface area contributed by atoms with Crippen LogP contribution in [-0.4, -0.2) is 0 Å². The van der Waals surface area contributed by atoms with Crippen molar-refractivity contribution in [1.82, 2.24) is 0 Å². The minimum Gasteiger partial charge on any atom is -0.311 e. The number of rotatable bonds is 17. The van der Waals surface area contributed by atoms with Crippen LogP contribution in [0.3, 0.4) is 0 Å². The van der Waals surface area contributed by atoms with Gasteiger partial charge in [0, 0.05) is 68.2 Å². The lowest BCUT2D eigenvalue weighted by Crippen LogP contribution is -2.10. The van der Waals surface area contributed by atoms with Crippen LogP contribution in [0.2, 0.25) is 0 Å². The van der Waals surface area contributed by atoms with E-state index in [4.69, 9.17) is 0 Å². The van der Waals surface area contributed by atoms with Crippen LogP contribution in [-0.2, 0) is 0 Å². The lowest BCUT2D eigenvalue weighted by Gasteiger charge is -2.27. The molecule has 0 radical (unpaired) electrons. The molecule has 4 heteroatoms. The Morgan fingerprint density at radius 1 is 0.102 bits per heavy atom. The van der Waals surface area contributed by atoms with Gasteiger partial charge in [-0.05, 0) is 201 Å². The molecule has 0 aromatic heterocycles. The van der Waals surface area contributed by atoms with Gasteiger partial charge in [0.1, 0.15) is 0 Å². The largest absolute Gasteiger partial charge is 0.311 e. The van der Waals surface area contributed by atoms with E-state index in [9.17, 15) is 0 Å². The standard InChI is InChI=1S/C84H62N4/c1-7-20-63(21-8-1)65-34-48-80(49-35-65)87(82-58-44-70(45-59-82)71-46-60-83(61-47-71)88(76-31-17-6-18-32-76)84-33-19-24-72(62-84)64-22-9-2-10-23-64)81-56-42-69(43-57-81)68-40-54-79(55-41-68)86(75-29-15-5-16-30-75)78-52-38-67(39-53-78)66-36-50-77(51-37-66)85(73-25-11-3-12-26-73)74-27-13-4-14-28-74/h1-62H. The Balaban J connectivity index is 0.723. The maximum absolute atomic E-state index is 2.35. The van der Waals surface area contributed by atoms with Crippen molar-refractivity contribution < 1.29 is 0 Å². The molecule has 0 unspecified atom stereocenters. The van der Waals surface area contributed by atoms with Crippen LogP contribution >= 0.6 is 0 Å². The fourth-order valence-electron chi connectivity index (χ4n) is 11.8. The van der Waals surface area contributed by atoms with E-state index in [2.05, 4.69) is 396 Å². The van der Waals surface area contributed by atoms with E-state index in [1.807, 2.05) is 0 Å². The van der Waals surface area contributed by atoms with Crippen molar-refractivity contribution in [1.29, 1.82) is 0 Å². The summed E-state index contributed by atoms with van der Waals surface area (Å²) in [6, 6.07) is 135. The lowest BCUT2D eigenvalue weighted by atomic mass is 10.0. The quantitative estimate of drug-likeness (QED) is 0.0901. The first-order chi connectivity index (χ1) is 43.6. The van der Waals surface area contributed by atoms with Crippen LogP contribution in [0.4, 0.5) is 68.2 Å². The second-order valence-corrected chi connectivity index (χ2v) is 21.8. The molecule has 0 aliphatic heterocycles. The molecule has 4 nitrogen and oxygen atoms in total. The third-order valence-corrected chi connectivity index (χ3v) is 16.3. The van der Waals surface area contributed by atoms with E-state index >= 15 is 0 Å². The number of benzene rings is 14. The molecule has 0 atom stereocenters. The average molecular weight is 1130 g/mol. The fourth-order valence-corrected chi connectivity index (χ4v) is 11.8. The van der Waals surface area contributed by atoms with Gasteiger partial charge in [-0.3, -0.25) is 0 Å². The molecule has 418 valence electrons. The van der Waals surface area contributed by atoms with E-state index in [-0.39, 0.29) is 0 Å². The highest BCUT2D eigenvalue weighted by Gasteiger charge is 2.19. The van der Waals surface area contributed by atoms with Crippen molar-refractivity contribution in [2.24, 2.45) is 0 Å². The van der Waals surface area contributed by atoms with Gasteiger partial charge in [-0.25, -0.2) is 0 Å². The molecule has 0 spiro atoms. The summed E-state index contributed by atoms with van der Waals surface area (Å²) < 4.78 is 0. The molecule has 88 heavy (non-hydrogen) atoms. The average Bonchev–Trinajstić information content (AvgIpc) is 2.26. The third-order valence-electron chi connectivity index (χ3n) is 16.3. The molecule has 14 aromatic carbocycles. The molecule has 0 saturated heterocycles. The Morgan fingerprint density at radius 3 is 0.477 bits per heavy atom. The van der Waals surface area contributed by atoms with Crippen molar-refractivity contribution in [3.05, 3.63) is 376 Å². The normalized spacial score (nSPS) is 11.0. The molecule has 0 heterocycles. The Hall–Kier alpha value is -11.7. The summed E-state index contributed by atoms with van der Waals surface area (Å²) in [7, 11) is 0.